The van der Waals surface area contributed by atoms with Crippen LogP contribution in [0.25, 0.3) is 0 Å². The highest BCUT2D eigenvalue weighted by atomic mass is 32.2. The van der Waals surface area contributed by atoms with E-state index in [1.807, 2.05) is 12.1 Å². The zero-order valence-corrected chi connectivity index (χ0v) is 11.2. The molecule has 2 aliphatic rings. The van der Waals surface area contributed by atoms with Gasteiger partial charge in [0, 0.05) is 6.04 Å². The van der Waals surface area contributed by atoms with Crippen LogP contribution >= 0.6 is 0 Å². The standard InChI is InChI=1S/C14H19NO2S/c16-18(17,13-8-9-13)12-6-4-11(5-7-12)14-3-1-2-10-15-14/h4-7,13-15H,1-3,8-10H2. The van der Waals surface area contributed by atoms with E-state index in [0.717, 1.165) is 25.8 Å². The molecule has 0 amide bonds. The van der Waals surface area contributed by atoms with Crippen LogP contribution in [0, 0.1) is 0 Å². The highest BCUT2D eigenvalue weighted by Gasteiger charge is 2.36. The summed E-state index contributed by atoms with van der Waals surface area (Å²) in [5, 5.41) is 3.36. The maximum atomic E-state index is 12.1. The number of hydrogen-bond donors (Lipinski definition) is 1. The molecule has 98 valence electrons. The normalized spacial score (nSPS) is 25.0. The summed E-state index contributed by atoms with van der Waals surface area (Å²) in [7, 11) is -3.03. The van der Waals surface area contributed by atoms with E-state index in [9.17, 15) is 8.42 Å². The fraction of sp³-hybridized carbons (Fsp3) is 0.571. The van der Waals surface area contributed by atoms with Crippen molar-refractivity contribution in [1.29, 1.82) is 0 Å². The van der Waals surface area contributed by atoms with Gasteiger partial charge in [-0.25, -0.2) is 8.42 Å². The van der Waals surface area contributed by atoms with Gasteiger partial charge in [0.05, 0.1) is 10.1 Å². The van der Waals surface area contributed by atoms with Crippen molar-refractivity contribution in [3.8, 4) is 0 Å². The van der Waals surface area contributed by atoms with Crippen molar-refractivity contribution in [2.24, 2.45) is 0 Å². The Morgan fingerprint density at radius 2 is 1.72 bits per heavy atom. The zero-order valence-electron chi connectivity index (χ0n) is 10.4. The quantitative estimate of drug-likeness (QED) is 0.913. The summed E-state index contributed by atoms with van der Waals surface area (Å²) in [6, 6.07) is 7.89. The van der Waals surface area contributed by atoms with E-state index in [1.54, 1.807) is 12.1 Å². The van der Waals surface area contributed by atoms with Crippen molar-refractivity contribution < 1.29 is 8.42 Å². The minimum absolute atomic E-state index is 0.115. The van der Waals surface area contributed by atoms with E-state index in [2.05, 4.69) is 5.32 Å². The second-order valence-corrected chi connectivity index (χ2v) is 7.54. The molecule has 0 spiro atoms. The molecule has 0 aromatic heterocycles. The Kier molecular flexibility index (Phi) is 3.16. The maximum Gasteiger partial charge on any atom is 0.181 e. The summed E-state index contributed by atoms with van der Waals surface area (Å²) in [4.78, 5) is 0.490. The van der Waals surface area contributed by atoms with Gasteiger partial charge in [0.2, 0.25) is 0 Å². The second-order valence-electron chi connectivity index (χ2n) is 5.32. The topological polar surface area (TPSA) is 46.2 Å². The van der Waals surface area contributed by atoms with Gasteiger partial charge in [0.15, 0.2) is 9.84 Å². The van der Waals surface area contributed by atoms with Gasteiger partial charge >= 0.3 is 0 Å². The predicted molar refractivity (Wildman–Crippen MR) is 71.2 cm³/mol. The molecule has 2 fully saturated rings. The first-order chi connectivity index (χ1) is 8.68. The van der Waals surface area contributed by atoms with E-state index >= 15 is 0 Å². The molecule has 3 rings (SSSR count). The number of sulfone groups is 1. The first kappa shape index (κ1) is 12.2. The summed E-state index contributed by atoms with van der Waals surface area (Å²) in [6.45, 7) is 1.06. The molecule has 1 unspecified atom stereocenters. The molecule has 1 aromatic rings. The van der Waals surface area contributed by atoms with Crippen LogP contribution < -0.4 is 5.32 Å². The van der Waals surface area contributed by atoms with Gasteiger partial charge in [0.1, 0.15) is 0 Å². The molecule has 1 aliphatic heterocycles. The maximum absolute atomic E-state index is 12.1. The first-order valence-electron chi connectivity index (χ1n) is 6.75. The lowest BCUT2D eigenvalue weighted by Crippen LogP contribution is -2.26. The lowest BCUT2D eigenvalue weighted by atomic mass is 9.98. The van der Waals surface area contributed by atoms with Crippen LogP contribution in [0.3, 0.4) is 0 Å². The van der Waals surface area contributed by atoms with Gasteiger partial charge in [-0.15, -0.1) is 0 Å². The SMILES string of the molecule is O=S(=O)(c1ccc(C2CCCCN2)cc1)C1CC1. The average Bonchev–Trinajstić information content (AvgIpc) is 3.25. The largest absolute Gasteiger partial charge is 0.310 e. The molecule has 1 N–H and O–H groups in total. The van der Waals surface area contributed by atoms with Gasteiger partial charge in [-0.2, -0.15) is 0 Å². The van der Waals surface area contributed by atoms with Crippen LogP contribution in [-0.2, 0) is 9.84 Å². The second kappa shape index (κ2) is 4.67. The fourth-order valence-electron chi connectivity index (χ4n) is 2.60. The van der Waals surface area contributed by atoms with Crippen molar-refractivity contribution in [3.05, 3.63) is 29.8 Å². The first-order valence-corrected chi connectivity index (χ1v) is 8.30. The summed E-state index contributed by atoms with van der Waals surface area (Å²) >= 11 is 0. The van der Waals surface area contributed by atoms with Crippen molar-refractivity contribution in [1.82, 2.24) is 5.32 Å². The van der Waals surface area contributed by atoms with Crippen LogP contribution in [0.4, 0.5) is 0 Å². The van der Waals surface area contributed by atoms with Crippen molar-refractivity contribution in [2.75, 3.05) is 6.54 Å². The highest BCUT2D eigenvalue weighted by Crippen LogP contribution is 2.34. The molecular formula is C14H19NO2S. The van der Waals surface area contributed by atoms with Crippen LogP contribution in [-0.4, -0.2) is 20.2 Å². The van der Waals surface area contributed by atoms with Crippen molar-refractivity contribution >= 4 is 9.84 Å². The van der Waals surface area contributed by atoms with Gasteiger partial charge in [0.25, 0.3) is 0 Å². The smallest absolute Gasteiger partial charge is 0.181 e. The number of hydrogen-bond acceptors (Lipinski definition) is 3. The number of rotatable bonds is 3. The van der Waals surface area contributed by atoms with Gasteiger partial charge in [-0.05, 0) is 49.9 Å². The molecule has 18 heavy (non-hydrogen) atoms. The zero-order chi connectivity index (χ0) is 12.6. The molecule has 1 saturated carbocycles. The lowest BCUT2D eigenvalue weighted by Gasteiger charge is -2.23. The minimum atomic E-state index is -3.03. The van der Waals surface area contributed by atoms with E-state index < -0.39 is 9.84 Å². The molecule has 1 saturated heterocycles. The van der Waals surface area contributed by atoms with Gasteiger partial charge in [-0.1, -0.05) is 18.6 Å². The third-order valence-electron chi connectivity index (χ3n) is 3.88. The fourth-order valence-corrected chi connectivity index (χ4v) is 4.25. The molecule has 0 bridgehead atoms. The molecule has 0 radical (unpaired) electrons. The van der Waals surface area contributed by atoms with Crippen LogP contribution in [0.15, 0.2) is 29.2 Å². The molecule has 3 nitrogen and oxygen atoms in total. The number of benzene rings is 1. The highest BCUT2D eigenvalue weighted by molar-refractivity contribution is 7.92. The number of nitrogens with one attached hydrogen (secondary N) is 1. The number of piperidine rings is 1. The van der Waals surface area contributed by atoms with E-state index in [1.165, 1.54) is 18.4 Å². The summed E-state index contributed by atoms with van der Waals surface area (Å²) in [5.74, 6) is 0. The Labute approximate surface area is 109 Å². The molecule has 1 aromatic carbocycles. The van der Waals surface area contributed by atoms with E-state index in [4.69, 9.17) is 0 Å². The third kappa shape index (κ3) is 2.31. The molecule has 1 aliphatic carbocycles. The molecule has 4 heteroatoms. The predicted octanol–water partition coefficient (Wildman–Crippen LogP) is 2.44. The Balaban J connectivity index is 1.80. The Bertz CT molecular complexity index is 511. The summed E-state index contributed by atoms with van der Waals surface area (Å²) < 4.78 is 24.1. The van der Waals surface area contributed by atoms with Gasteiger partial charge < -0.3 is 5.32 Å². The minimum Gasteiger partial charge on any atom is -0.310 e. The Morgan fingerprint density at radius 1 is 1.00 bits per heavy atom. The van der Waals surface area contributed by atoms with Crippen molar-refractivity contribution in [2.45, 2.75) is 48.3 Å². The Hall–Kier alpha value is -0.870. The van der Waals surface area contributed by atoms with Gasteiger partial charge in [-0.3, -0.25) is 0 Å². The molecule has 1 atom stereocenters. The third-order valence-corrected chi connectivity index (χ3v) is 6.16. The van der Waals surface area contributed by atoms with E-state index in [-0.39, 0.29) is 5.25 Å². The molecule has 1 heterocycles. The van der Waals surface area contributed by atoms with Crippen LogP contribution in [0.1, 0.15) is 43.7 Å². The lowest BCUT2D eigenvalue weighted by molar-refractivity contribution is 0.412. The Morgan fingerprint density at radius 3 is 2.28 bits per heavy atom. The monoisotopic (exact) mass is 265 g/mol. The van der Waals surface area contributed by atoms with Crippen LogP contribution in [0.5, 0.6) is 0 Å². The van der Waals surface area contributed by atoms with Crippen molar-refractivity contribution in [3.63, 3.8) is 0 Å². The van der Waals surface area contributed by atoms with E-state index in [0.29, 0.717) is 10.9 Å². The average molecular weight is 265 g/mol. The van der Waals surface area contributed by atoms with Crippen LogP contribution in [0.2, 0.25) is 0 Å². The molecular weight excluding hydrogens is 246 g/mol. The summed E-state index contributed by atoms with van der Waals surface area (Å²) in [6.07, 6.45) is 5.29. The summed E-state index contributed by atoms with van der Waals surface area (Å²) in [5.41, 5.74) is 1.21.